The normalized spacial score (nSPS) is 13.5. The Kier molecular flexibility index (Phi) is 6.74. The van der Waals surface area contributed by atoms with E-state index in [4.69, 9.17) is 4.74 Å². The number of benzene rings is 2. The third-order valence-electron chi connectivity index (χ3n) is 4.79. The fourth-order valence-electron chi connectivity index (χ4n) is 3.32. The van der Waals surface area contributed by atoms with E-state index in [1.165, 1.54) is 24.3 Å². The third-order valence-corrected chi connectivity index (χ3v) is 4.79. The zero-order valence-electron chi connectivity index (χ0n) is 16.1. The molecular formula is C21H21N3O6. The molecule has 1 saturated carbocycles. The molecule has 1 aliphatic rings. The van der Waals surface area contributed by atoms with Crippen molar-refractivity contribution in [2.75, 3.05) is 11.9 Å². The Balaban J connectivity index is 1.61. The van der Waals surface area contributed by atoms with Gasteiger partial charge in [0, 0.05) is 12.1 Å². The van der Waals surface area contributed by atoms with Crippen LogP contribution in [0.5, 0.6) is 0 Å². The average Bonchev–Trinajstić information content (AvgIpc) is 3.25. The van der Waals surface area contributed by atoms with Gasteiger partial charge in [0.1, 0.15) is 5.56 Å². The first-order chi connectivity index (χ1) is 14.5. The summed E-state index contributed by atoms with van der Waals surface area (Å²) in [6.45, 7) is -0.649. The maximum atomic E-state index is 12.5. The number of rotatable bonds is 7. The predicted molar refractivity (Wildman–Crippen MR) is 108 cm³/mol. The standard InChI is InChI=1S/C21H21N3O6/c25-19(13-30-21(27)16-10-4-6-12-18(16)24(28)29)23-17-11-5-3-9-15(17)20(26)22-14-7-1-2-8-14/h3-6,9-12,14H,1-2,7-8,13H2,(H,22,26)(H,23,25). The molecule has 1 aliphatic carbocycles. The Morgan fingerprint density at radius 1 is 1.00 bits per heavy atom. The van der Waals surface area contributed by atoms with Crippen LogP contribution in [0.15, 0.2) is 48.5 Å². The van der Waals surface area contributed by atoms with Gasteiger partial charge in [-0.3, -0.25) is 19.7 Å². The summed E-state index contributed by atoms with van der Waals surface area (Å²) in [5.74, 6) is -1.93. The number of nitro groups is 1. The van der Waals surface area contributed by atoms with Crippen LogP contribution in [0, 0.1) is 10.1 Å². The maximum Gasteiger partial charge on any atom is 0.345 e. The number of carbonyl (C=O) groups excluding carboxylic acids is 3. The van der Waals surface area contributed by atoms with Crippen molar-refractivity contribution in [3.05, 3.63) is 69.8 Å². The van der Waals surface area contributed by atoms with Gasteiger partial charge < -0.3 is 15.4 Å². The minimum Gasteiger partial charge on any atom is -0.452 e. The van der Waals surface area contributed by atoms with Gasteiger partial charge in [0.15, 0.2) is 6.61 Å². The highest BCUT2D eigenvalue weighted by Crippen LogP contribution is 2.21. The van der Waals surface area contributed by atoms with E-state index in [-0.39, 0.29) is 17.5 Å². The number of ether oxygens (including phenoxy) is 1. The first-order valence-corrected chi connectivity index (χ1v) is 9.56. The lowest BCUT2D eigenvalue weighted by atomic mass is 10.1. The molecule has 2 aromatic carbocycles. The number of hydrogen-bond donors (Lipinski definition) is 2. The molecule has 0 bridgehead atoms. The van der Waals surface area contributed by atoms with E-state index in [1.54, 1.807) is 24.3 Å². The summed E-state index contributed by atoms with van der Waals surface area (Å²) in [7, 11) is 0. The molecule has 30 heavy (non-hydrogen) atoms. The fraction of sp³-hybridized carbons (Fsp3) is 0.286. The summed E-state index contributed by atoms with van der Waals surface area (Å²) in [6.07, 6.45) is 4.02. The van der Waals surface area contributed by atoms with E-state index >= 15 is 0 Å². The van der Waals surface area contributed by atoms with Gasteiger partial charge in [-0.25, -0.2) is 4.79 Å². The molecule has 0 heterocycles. The van der Waals surface area contributed by atoms with E-state index in [2.05, 4.69) is 10.6 Å². The van der Waals surface area contributed by atoms with Gasteiger partial charge in [-0.05, 0) is 31.0 Å². The number of amides is 2. The second-order valence-electron chi connectivity index (χ2n) is 6.90. The summed E-state index contributed by atoms with van der Waals surface area (Å²) >= 11 is 0. The number of anilines is 1. The van der Waals surface area contributed by atoms with Gasteiger partial charge in [0.2, 0.25) is 0 Å². The van der Waals surface area contributed by atoms with Crippen molar-refractivity contribution >= 4 is 29.2 Å². The van der Waals surface area contributed by atoms with Gasteiger partial charge >= 0.3 is 5.97 Å². The molecule has 0 aromatic heterocycles. The monoisotopic (exact) mass is 411 g/mol. The van der Waals surface area contributed by atoms with Crippen LogP contribution in [0.1, 0.15) is 46.4 Å². The topological polar surface area (TPSA) is 128 Å². The van der Waals surface area contributed by atoms with Gasteiger partial charge in [0.05, 0.1) is 16.2 Å². The molecule has 0 aliphatic heterocycles. The van der Waals surface area contributed by atoms with Crippen LogP contribution in [-0.4, -0.2) is 35.4 Å². The fourth-order valence-corrected chi connectivity index (χ4v) is 3.32. The Bertz CT molecular complexity index is 969. The molecule has 9 heteroatoms. The molecule has 0 unspecified atom stereocenters. The SMILES string of the molecule is O=C(COC(=O)c1ccccc1[N+](=O)[O-])Nc1ccccc1C(=O)NC1CCCC1. The van der Waals surface area contributed by atoms with Gasteiger partial charge in [-0.2, -0.15) is 0 Å². The minimum absolute atomic E-state index is 0.129. The summed E-state index contributed by atoms with van der Waals surface area (Å²) in [6, 6.07) is 12.0. The second-order valence-corrected chi connectivity index (χ2v) is 6.90. The van der Waals surface area contributed by atoms with Gasteiger partial charge in [-0.1, -0.05) is 37.1 Å². The van der Waals surface area contributed by atoms with Crippen molar-refractivity contribution in [1.29, 1.82) is 0 Å². The molecule has 1 fully saturated rings. The molecule has 0 radical (unpaired) electrons. The van der Waals surface area contributed by atoms with Crippen molar-refractivity contribution in [3.63, 3.8) is 0 Å². The van der Waals surface area contributed by atoms with Crippen LogP contribution in [0.3, 0.4) is 0 Å². The zero-order valence-corrected chi connectivity index (χ0v) is 16.1. The number of hydrogen-bond acceptors (Lipinski definition) is 6. The van der Waals surface area contributed by atoms with Crippen molar-refractivity contribution in [2.24, 2.45) is 0 Å². The highest BCUT2D eigenvalue weighted by Gasteiger charge is 2.22. The van der Waals surface area contributed by atoms with Crippen LogP contribution >= 0.6 is 0 Å². The maximum absolute atomic E-state index is 12.5. The van der Waals surface area contributed by atoms with Crippen molar-refractivity contribution in [3.8, 4) is 0 Å². The van der Waals surface area contributed by atoms with E-state index < -0.39 is 29.1 Å². The molecule has 2 amide bonds. The van der Waals surface area contributed by atoms with Crippen LogP contribution in [0.4, 0.5) is 11.4 Å². The van der Waals surface area contributed by atoms with Crippen LogP contribution < -0.4 is 10.6 Å². The average molecular weight is 411 g/mol. The zero-order chi connectivity index (χ0) is 21.5. The molecule has 0 spiro atoms. The Morgan fingerprint density at radius 2 is 1.63 bits per heavy atom. The highest BCUT2D eigenvalue weighted by molar-refractivity contribution is 6.04. The summed E-state index contributed by atoms with van der Waals surface area (Å²) in [5.41, 5.74) is -0.0500. The van der Waals surface area contributed by atoms with E-state index in [1.807, 2.05) is 0 Å². The molecule has 0 atom stereocenters. The largest absolute Gasteiger partial charge is 0.452 e. The number of nitrogens with zero attached hydrogens (tertiary/aromatic N) is 1. The van der Waals surface area contributed by atoms with Crippen LogP contribution in [0.2, 0.25) is 0 Å². The number of nitro benzene ring substituents is 1. The van der Waals surface area contributed by atoms with Crippen molar-refractivity contribution in [1.82, 2.24) is 5.32 Å². The summed E-state index contributed by atoms with van der Waals surface area (Å²) in [5, 5.41) is 16.5. The van der Waals surface area contributed by atoms with Crippen LogP contribution in [-0.2, 0) is 9.53 Å². The molecular weight excluding hydrogens is 390 g/mol. The summed E-state index contributed by atoms with van der Waals surface area (Å²) < 4.78 is 4.90. The molecule has 3 rings (SSSR count). The molecule has 9 nitrogen and oxygen atoms in total. The third kappa shape index (κ3) is 5.19. The number of esters is 1. The number of nitrogens with one attached hydrogen (secondary N) is 2. The number of para-hydroxylation sites is 2. The first-order valence-electron chi connectivity index (χ1n) is 9.56. The van der Waals surface area contributed by atoms with Gasteiger partial charge in [0.25, 0.3) is 17.5 Å². The van der Waals surface area contributed by atoms with Crippen molar-refractivity contribution < 1.29 is 24.0 Å². The predicted octanol–water partition coefficient (Wildman–Crippen LogP) is 3.06. The second kappa shape index (κ2) is 9.64. The van der Waals surface area contributed by atoms with Crippen molar-refractivity contribution in [2.45, 2.75) is 31.7 Å². The Labute approximate surface area is 172 Å². The lowest BCUT2D eigenvalue weighted by Crippen LogP contribution is -2.33. The lowest BCUT2D eigenvalue weighted by molar-refractivity contribution is -0.385. The molecule has 2 N–H and O–H groups in total. The van der Waals surface area contributed by atoms with Crippen LogP contribution in [0.25, 0.3) is 0 Å². The van der Waals surface area contributed by atoms with Gasteiger partial charge in [-0.15, -0.1) is 0 Å². The Hall–Kier alpha value is -3.75. The first kappa shape index (κ1) is 21.0. The molecule has 2 aromatic rings. The molecule has 0 saturated heterocycles. The van der Waals surface area contributed by atoms with E-state index in [9.17, 15) is 24.5 Å². The lowest BCUT2D eigenvalue weighted by Gasteiger charge is -2.15. The minimum atomic E-state index is -0.982. The quantitative estimate of drug-likeness (QED) is 0.409. The highest BCUT2D eigenvalue weighted by atomic mass is 16.6. The van der Waals surface area contributed by atoms with E-state index in [0.717, 1.165) is 25.7 Å². The smallest absolute Gasteiger partial charge is 0.345 e. The Morgan fingerprint density at radius 3 is 2.33 bits per heavy atom. The summed E-state index contributed by atoms with van der Waals surface area (Å²) in [4.78, 5) is 47.2. The molecule has 156 valence electrons. The van der Waals surface area contributed by atoms with E-state index in [0.29, 0.717) is 11.3 Å². The number of carbonyl (C=O) groups is 3.